The molecule has 3 saturated heterocycles. The van der Waals surface area contributed by atoms with E-state index in [-0.39, 0.29) is 13.2 Å². The Hall–Kier alpha value is -4.66. The van der Waals surface area contributed by atoms with Crippen molar-refractivity contribution in [2.75, 3.05) is 45.9 Å². The van der Waals surface area contributed by atoms with Crippen molar-refractivity contribution in [3.05, 3.63) is 105 Å². The number of hydrogen-bond donors (Lipinski definition) is 2. The summed E-state index contributed by atoms with van der Waals surface area (Å²) in [6.07, 6.45) is 10.5. The minimum absolute atomic E-state index is 0.166. The van der Waals surface area contributed by atoms with E-state index < -0.39 is 12.0 Å². The van der Waals surface area contributed by atoms with E-state index in [0.29, 0.717) is 53.6 Å². The Bertz CT molecular complexity index is 2080. The van der Waals surface area contributed by atoms with Crippen molar-refractivity contribution in [2.45, 2.75) is 84.6 Å². The Morgan fingerprint density at radius 3 is 2.58 bits per heavy atom. The van der Waals surface area contributed by atoms with E-state index in [1.807, 2.05) is 11.0 Å². The maximum Gasteiger partial charge on any atom is 0.320 e. The van der Waals surface area contributed by atoms with Crippen LogP contribution in [0.3, 0.4) is 0 Å². The number of carbonyl (C=O) groups is 1. The Balaban J connectivity index is 1.04. The number of pyridine rings is 1. The molecule has 3 aliphatic heterocycles. The average Bonchev–Trinajstić information content (AvgIpc) is 3.67. The van der Waals surface area contributed by atoms with Crippen molar-refractivity contribution in [3.63, 3.8) is 0 Å². The van der Waals surface area contributed by atoms with Crippen LogP contribution in [0.1, 0.15) is 78.3 Å². The van der Waals surface area contributed by atoms with Crippen molar-refractivity contribution in [2.24, 2.45) is 5.41 Å². The van der Waals surface area contributed by atoms with Gasteiger partial charge in [-0.3, -0.25) is 14.7 Å². The predicted molar refractivity (Wildman–Crippen MR) is 222 cm³/mol. The van der Waals surface area contributed by atoms with Gasteiger partial charge in [0.2, 0.25) is 0 Å². The van der Waals surface area contributed by atoms with Gasteiger partial charge in [0.25, 0.3) is 0 Å². The van der Waals surface area contributed by atoms with Gasteiger partial charge in [0, 0.05) is 55.8 Å². The van der Waals surface area contributed by atoms with Crippen LogP contribution < -0.4 is 19.5 Å². The van der Waals surface area contributed by atoms with Gasteiger partial charge in [-0.2, -0.15) is 5.26 Å². The molecule has 1 aromatic heterocycles. The molecule has 4 heterocycles. The number of halogens is 1. The van der Waals surface area contributed by atoms with Gasteiger partial charge in [-0.05, 0) is 123 Å². The maximum atomic E-state index is 12.1. The molecule has 7 rings (SSSR count). The molecule has 0 bridgehead atoms. The third-order valence-electron chi connectivity index (χ3n) is 12.1. The summed E-state index contributed by atoms with van der Waals surface area (Å²) in [4.78, 5) is 20.9. The number of ether oxygens (including phenoxy) is 3. The van der Waals surface area contributed by atoms with Gasteiger partial charge in [-0.25, -0.2) is 0 Å². The number of likely N-dealkylation sites (tertiary alicyclic amines) is 2. The van der Waals surface area contributed by atoms with Gasteiger partial charge >= 0.3 is 5.97 Å². The summed E-state index contributed by atoms with van der Waals surface area (Å²) in [6, 6.07) is 19.4. The number of carboxylic acids is 1. The first-order chi connectivity index (χ1) is 27.7. The number of benzene rings is 3. The Kier molecular flexibility index (Phi) is 13.3. The van der Waals surface area contributed by atoms with E-state index in [1.54, 1.807) is 18.3 Å². The maximum absolute atomic E-state index is 12.1. The predicted octanol–water partition coefficient (Wildman–Crippen LogP) is 8.33. The molecule has 2 N–H and O–H groups in total. The highest BCUT2D eigenvalue weighted by atomic mass is 35.5. The Labute approximate surface area is 341 Å². The molecular weight excluding hydrogens is 738 g/mol. The molecular formula is C46H54ClN5O5. The number of carboxylic acid groups (broad SMARTS) is 1. The first-order valence-corrected chi connectivity index (χ1v) is 20.7. The molecule has 4 aromatic rings. The second-order valence-corrected chi connectivity index (χ2v) is 16.4. The van der Waals surface area contributed by atoms with E-state index in [0.717, 1.165) is 83.6 Å². The van der Waals surface area contributed by atoms with E-state index in [9.17, 15) is 15.2 Å². The lowest BCUT2D eigenvalue weighted by molar-refractivity contribution is -0.144. The summed E-state index contributed by atoms with van der Waals surface area (Å²) in [5.41, 5.74) is 7.92. The first kappa shape index (κ1) is 40.5. The van der Waals surface area contributed by atoms with Crippen LogP contribution in [0.2, 0.25) is 5.02 Å². The van der Waals surface area contributed by atoms with Crippen LogP contribution in [0.15, 0.2) is 67.0 Å². The summed E-state index contributed by atoms with van der Waals surface area (Å²) in [6.45, 7) is 12.2. The molecule has 300 valence electrons. The van der Waals surface area contributed by atoms with Crippen LogP contribution in [0.25, 0.3) is 11.1 Å². The molecule has 2 atom stereocenters. The van der Waals surface area contributed by atoms with Crippen LogP contribution in [-0.4, -0.2) is 77.8 Å². The molecule has 0 saturated carbocycles. The minimum atomic E-state index is -0.826. The topological polar surface area (TPSA) is 120 Å². The van der Waals surface area contributed by atoms with Crippen molar-refractivity contribution >= 4 is 17.6 Å². The minimum Gasteiger partial charge on any atom is -0.493 e. The number of piperidine rings is 2. The summed E-state index contributed by atoms with van der Waals surface area (Å²) in [5.74, 6) is 1.09. The molecule has 1 spiro atoms. The van der Waals surface area contributed by atoms with Gasteiger partial charge in [0.1, 0.15) is 42.6 Å². The fourth-order valence-electron chi connectivity index (χ4n) is 8.88. The summed E-state index contributed by atoms with van der Waals surface area (Å²) >= 11 is 6.89. The molecule has 0 amide bonds. The average molecular weight is 792 g/mol. The second kappa shape index (κ2) is 18.7. The quantitative estimate of drug-likeness (QED) is 0.114. The highest BCUT2D eigenvalue weighted by molar-refractivity contribution is 6.32. The molecule has 57 heavy (non-hydrogen) atoms. The number of nitrogens with zero attached hydrogens (tertiary/aromatic N) is 4. The van der Waals surface area contributed by atoms with Crippen molar-refractivity contribution in [1.29, 1.82) is 5.26 Å². The highest BCUT2D eigenvalue weighted by Gasteiger charge is 2.37. The van der Waals surface area contributed by atoms with Crippen molar-refractivity contribution in [1.82, 2.24) is 20.1 Å². The lowest BCUT2D eigenvalue weighted by atomic mass is 9.79. The number of nitriles is 1. The largest absolute Gasteiger partial charge is 0.493 e. The molecule has 1 unspecified atom stereocenters. The fraction of sp³-hybridized carbons (Fsp3) is 0.457. The van der Waals surface area contributed by atoms with E-state index in [1.165, 1.54) is 38.5 Å². The smallest absolute Gasteiger partial charge is 0.320 e. The van der Waals surface area contributed by atoms with Gasteiger partial charge in [-0.15, -0.1) is 0 Å². The zero-order valence-electron chi connectivity index (χ0n) is 33.2. The SMILES string of the molecule is Cc1c(COc2cc(OCc3cncc(C#N)c3)c(CN3CCCC[C@H]3C(=O)O)cc2Cl)cccc1-c1cccc(OCCCN2CCCC3(CCNC3)C2)c1C. The molecule has 3 aliphatic rings. The zero-order valence-corrected chi connectivity index (χ0v) is 34.0. The monoisotopic (exact) mass is 791 g/mol. The normalized spacial score (nSPS) is 20.0. The third kappa shape index (κ3) is 9.90. The van der Waals surface area contributed by atoms with Gasteiger partial charge in [0.05, 0.1) is 17.2 Å². The van der Waals surface area contributed by atoms with Crippen LogP contribution >= 0.6 is 11.6 Å². The van der Waals surface area contributed by atoms with Gasteiger partial charge in [-0.1, -0.05) is 48.4 Å². The van der Waals surface area contributed by atoms with Crippen LogP contribution in [0.4, 0.5) is 0 Å². The molecule has 3 aromatic carbocycles. The van der Waals surface area contributed by atoms with Crippen molar-refractivity contribution in [3.8, 4) is 34.4 Å². The number of rotatable bonds is 15. The van der Waals surface area contributed by atoms with Gasteiger partial charge in [0.15, 0.2) is 0 Å². The van der Waals surface area contributed by atoms with Crippen molar-refractivity contribution < 1.29 is 24.1 Å². The standard InChI is InChI=1S/C46H54ClN5O5/c1-32-36(9-5-10-38(32)39-11-6-13-42(33(39)2)55-20-8-18-51-17-7-14-46(31-51)15-16-49-30-46)29-57-44-23-43(56-28-35-21-34(24-48)25-50-26-35)37(22-40(44)47)27-52-19-4-3-12-41(52)45(53)54/h5-6,9-11,13,21-23,25-26,41,49H,3-4,7-8,12,14-20,27-31H2,1-2H3,(H,53,54)/t41-,46?/m0/s1. The second-order valence-electron chi connectivity index (χ2n) is 16.0. The molecule has 0 aliphatic carbocycles. The first-order valence-electron chi connectivity index (χ1n) is 20.4. The molecule has 11 heteroatoms. The molecule has 0 radical (unpaired) electrons. The molecule has 10 nitrogen and oxygen atoms in total. The third-order valence-corrected chi connectivity index (χ3v) is 12.4. The van der Waals surface area contributed by atoms with E-state index in [4.69, 9.17) is 25.8 Å². The zero-order chi connectivity index (χ0) is 39.8. The van der Waals surface area contributed by atoms with E-state index in [2.05, 4.69) is 71.5 Å². The highest BCUT2D eigenvalue weighted by Crippen LogP contribution is 2.38. The lowest BCUT2D eigenvalue weighted by Gasteiger charge is -2.40. The number of aromatic nitrogens is 1. The number of aliphatic carboxylic acids is 1. The summed E-state index contributed by atoms with van der Waals surface area (Å²) in [7, 11) is 0. The van der Waals surface area contributed by atoms with Crippen LogP contribution in [0.5, 0.6) is 17.2 Å². The van der Waals surface area contributed by atoms with E-state index >= 15 is 0 Å². The Morgan fingerprint density at radius 1 is 0.947 bits per heavy atom. The number of hydrogen-bond acceptors (Lipinski definition) is 9. The fourth-order valence-corrected chi connectivity index (χ4v) is 9.12. The van der Waals surface area contributed by atoms with Crippen LogP contribution in [-0.2, 0) is 24.6 Å². The molecule has 3 fully saturated rings. The Morgan fingerprint density at radius 2 is 1.77 bits per heavy atom. The summed E-state index contributed by atoms with van der Waals surface area (Å²) in [5, 5.41) is 23.3. The summed E-state index contributed by atoms with van der Waals surface area (Å²) < 4.78 is 19.2. The van der Waals surface area contributed by atoms with Crippen LogP contribution in [0, 0.1) is 30.6 Å². The lowest BCUT2D eigenvalue weighted by Crippen LogP contribution is -2.44. The number of nitrogens with one attached hydrogen (secondary N) is 1. The van der Waals surface area contributed by atoms with Gasteiger partial charge < -0.3 is 29.5 Å².